The van der Waals surface area contributed by atoms with Crippen LogP contribution in [0.3, 0.4) is 0 Å². The van der Waals surface area contributed by atoms with E-state index in [2.05, 4.69) is 33.5 Å². The Morgan fingerprint density at radius 2 is 2.09 bits per heavy atom. The summed E-state index contributed by atoms with van der Waals surface area (Å²) < 4.78 is 0.913. The summed E-state index contributed by atoms with van der Waals surface area (Å²) in [6.07, 6.45) is 0.933. The summed E-state index contributed by atoms with van der Waals surface area (Å²) in [5.41, 5.74) is 3.77. The number of rotatable bonds is 4. The van der Waals surface area contributed by atoms with Crippen molar-refractivity contribution in [3.8, 4) is 5.75 Å². The highest BCUT2D eigenvalue weighted by Gasteiger charge is 2.28. The van der Waals surface area contributed by atoms with Gasteiger partial charge in [-0.05, 0) is 36.8 Å². The molecule has 0 atom stereocenters. The van der Waals surface area contributed by atoms with Crippen molar-refractivity contribution in [2.75, 3.05) is 11.9 Å². The van der Waals surface area contributed by atoms with Gasteiger partial charge in [0.2, 0.25) is 0 Å². The zero-order chi connectivity index (χ0) is 16.4. The third kappa shape index (κ3) is 3.10. The molecule has 4 nitrogen and oxygen atoms in total. The van der Waals surface area contributed by atoms with E-state index in [9.17, 15) is 9.90 Å². The van der Waals surface area contributed by atoms with E-state index in [1.165, 1.54) is 0 Å². The zero-order valence-electron chi connectivity index (χ0n) is 12.7. The van der Waals surface area contributed by atoms with Gasteiger partial charge >= 0.3 is 0 Å². The van der Waals surface area contributed by atoms with Crippen LogP contribution < -0.4 is 10.6 Å². The quantitative estimate of drug-likeness (QED) is 0.711. The lowest BCUT2D eigenvalue weighted by molar-refractivity contribution is -0.110. The molecule has 3 N–H and O–H groups in total. The van der Waals surface area contributed by atoms with Crippen molar-refractivity contribution in [3.05, 3.63) is 58.1 Å². The number of phenolic OH excluding ortho intramolecular Hbond substituents is 1. The number of hydrogen-bond acceptors (Lipinski definition) is 3. The molecule has 5 heteroatoms. The third-order valence-electron chi connectivity index (χ3n) is 3.66. The highest BCUT2D eigenvalue weighted by atomic mass is 79.9. The van der Waals surface area contributed by atoms with Gasteiger partial charge in [0.25, 0.3) is 5.91 Å². The van der Waals surface area contributed by atoms with Crippen LogP contribution in [-0.4, -0.2) is 17.6 Å². The minimum absolute atomic E-state index is 0.139. The average Bonchev–Trinajstić information content (AvgIpc) is 2.84. The van der Waals surface area contributed by atoms with Crippen molar-refractivity contribution in [1.29, 1.82) is 0 Å². The van der Waals surface area contributed by atoms with Gasteiger partial charge in [-0.3, -0.25) is 4.79 Å². The topological polar surface area (TPSA) is 61.4 Å². The monoisotopic (exact) mass is 372 g/mol. The molecule has 0 saturated heterocycles. The Kier molecular flexibility index (Phi) is 4.39. The van der Waals surface area contributed by atoms with Gasteiger partial charge in [-0.1, -0.05) is 35.0 Å². The molecule has 0 fully saturated rings. The molecule has 0 aromatic heterocycles. The van der Waals surface area contributed by atoms with Gasteiger partial charge in [0.1, 0.15) is 5.75 Å². The second kappa shape index (κ2) is 6.46. The lowest BCUT2D eigenvalue weighted by atomic mass is 10.00. The largest absolute Gasteiger partial charge is 0.508 e. The van der Waals surface area contributed by atoms with Crippen LogP contribution in [0.4, 0.5) is 5.69 Å². The summed E-state index contributed by atoms with van der Waals surface area (Å²) in [6.45, 7) is 2.81. The molecular weight excluding hydrogens is 356 g/mol. The summed E-state index contributed by atoms with van der Waals surface area (Å²) in [7, 11) is 0. The van der Waals surface area contributed by atoms with Gasteiger partial charge in [-0.2, -0.15) is 0 Å². The van der Waals surface area contributed by atoms with E-state index in [0.717, 1.165) is 39.9 Å². The number of phenols is 1. The summed E-state index contributed by atoms with van der Waals surface area (Å²) in [4.78, 5) is 12.5. The molecule has 1 amide bonds. The van der Waals surface area contributed by atoms with Crippen LogP contribution in [0.2, 0.25) is 0 Å². The highest BCUT2D eigenvalue weighted by molar-refractivity contribution is 9.10. The number of anilines is 1. The fraction of sp³-hybridized carbons (Fsp3) is 0.167. The van der Waals surface area contributed by atoms with E-state index in [1.54, 1.807) is 18.2 Å². The summed E-state index contributed by atoms with van der Waals surface area (Å²) in [6, 6.07) is 12.6. The fourth-order valence-electron chi connectivity index (χ4n) is 2.63. The second-order valence-electron chi connectivity index (χ2n) is 5.37. The SMILES string of the molecule is CCCN/C(=C1\C(=O)Nc2ccc(Br)cc21)c1cccc(O)c1. The minimum Gasteiger partial charge on any atom is -0.508 e. The van der Waals surface area contributed by atoms with Crippen LogP contribution >= 0.6 is 15.9 Å². The van der Waals surface area contributed by atoms with Crippen LogP contribution in [0.5, 0.6) is 5.75 Å². The van der Waals surface area contributed by atoms with Gasteiger partial charge in [0.05, 0.1) is 11.3 Å². The van der Waals surface area contributed by atoms with Crippen LogP contribution in [0, 0.1) is 0 Å². The standard InChI is InChI=1S/C18H17BrN2O2/c1-2-8-20-17(11-4-3-5-13(22)9-11)16-14-10-12(19)6-7-15(14)21-18(16)23/h3-7,9-10,20,22H,2,8H2,1H3,(H,21,23)/b17-16-. The lowest BCUT2D eigenvalue weighted by Gasteiger charge is -2.14. The van der Waals surface area contributed by atoms with Crippen molar-refractivity contribution in [3.63, 3.8) is 0 Å². The predicted molar refractivity (Wildman–Crippen MR) is 96.0 cm³/mol. The molecule has 2 aromatic rings. The van der Waals surface area contributed by atoms with E-state index >= 15 is 0 Å². The molecular formula is C18H17BrN2O2. The molecule has 0 radical (unpaired) electrons. The number of hydrogen-bond donors (Lipinski definition) is 3. The molecule has 3 rings (SSSR count). The van der Waals surface area contributed by atoms with Crippen LogP contribution in [-0.2, 0) is 4.79 Å². The number of benzene rings is 2. The van der Waals surface area contributed by atoms with Gasteiger partial charge < -0.3 is 15.7 Å². The van der Waals surface area contributed by atoms with Gasteiger partial charge in [0, 0.05) is 27.8 Å². The molecule has 2 aromatic carbocycles. The fourth-order valence-corrected chi connectivity index (χ4v) is 2.99. The summed E-state index contributed by atoms with van der Waals surface area (Å²) in [5.74, 6) is 0.0341. The molecule has 1 heterocycles. The predicted octanol–water partition coefficient (Wildman–Crippen LogP) is 3.97. The summed E-state index contributed by atoms with van der Waals surface area (Å²) >= 11 is 3.46. The molecule has 0 spiro atoms. The van der Waals surface area contributed by atoms with E-state index in [4.69, 9.17) is 0 Å². The van der Waals surface area contributed by atoms with E-state index < -0.39 is 0 Å². The highest BCUT2D eigenvalue weighted by Crippen LogP contribution is 2.38. The van der Waals surface area contributed by atoms with Crippen molar-refractivity contribution in [1.82, 2.24) is 5.32 Å². The Morgan fingerprint density at radius 3 is 2.83 bits per heavy atom. The first-order chi connectivity index (χ1) is 11.1. The van der Waals surface area contributed by atoms with E-state index in [-0.39, 0.29) is 11.7 Å². The van der Waals surface area contributed by atoms with Gasteiger partial charge in [0.15, 0.2) is 0 Å². The molecule has 118 valence electrons. The molecule has 0 unspecified atom stereocenters. The molecule has 0 aliphatic carbocycles. The van der Waals surface area contributed by atoms with Crippen molar-refractivity contribution < 1.29 is 9.90 Å². The van der Waals surface area contributed by atoms with Crippen molar-refractivity contribution in [2.45, 2.75) is 13.3 Å². The molecule has 0 saturated carbocycles. The number of carbonyl (C=O) groups excluding carboxylic acids is 1. The second-order valence-corrected chi connectivity index (χ2v) is 6.29. The molecule has 1 aliphatic heterocycles. The first-order valence-electron chi connectivity index (χ1n) is 7.49. The van der Waals surface area contributed by atoms with Crippen LogP contribution in [0.1, 0.15) is 24.5 Å². The number of nitrogens with one attached hydrogen (secondary N) is 2. The number of halogens is 1. The minimum atomic E-state index is -0.139. The van der Waals surface area contributed by atoms with Crippen LogP contribution in [0.25, 0.3) is 11.3 Å². The number of aromatic hydroxyl groups is 1. The Morgan fingerprint density at radius 1 is 1.26 bits per heavy atom. The van der Waals surface area contributed by atoms with Crippen molar-refractivity contribution >= 4 is 38.8 Å². The van der Waals surface area contributed by atoms with E-state index in [1.807, 2.05) is 24.3 Å². The Balaban J connectivity index is 2.20. The van der Waals surface area contributed by atoms with E-state index in [0.29, 0.717) is 5.57 Å². The maximum Gasteiger partial charge on any atom is 0.258 e. The number of fused-ring (bicyclic) bond motifs is 1. The normalized spacial score (nSPS) is 15.1. The smallest absolute Gasteiger partial charge is 0.258 e. The molecule has 1 aliphatic rings. The average molecular weight is 373 g/mol. The Hall–Kier alpha value is -2.27. The summed E-state index contributed by atoms with van der Waals surface area (Å²) in [5, 5.41) is 16.0. The number of amides is 1. The first-order valence-corrected chi connectivity index (χ1v) is 8.28. The zero-order valence-corrected chi connectivity index (χ0v) is 14.3. The Bertz CT molecular complexity index is 799. The van der Waals surface area contributed by atoms with Crippen LogP contribution in [0.15, 0.2) is 46.9 Å². The number of carbonyl (C=O) groups is 1. The molecule has 0 bridgehead atoms. The lowest BCUT2D eigenvalue weighted by Crippen LogP contribution is -2.17. The first kappa shape index (κ1) is 15.6. The molecule has 23 heavy (non-hydrogen) atoms. The Labute approximate surface area is 143 Å². The van der Waals surface area contributed by atoms with Gasteiger partial charge in [-0.25, -0.2) is 0 Å². The maximum absolute atomic E-state index is 12.5. The van der Waals surface area contributed by atoms with Gasteiger partial charge in [-0.15, -0.1) is 0 Å². The maximum atomic E-state index is 12.5. The third-order valence-corrected chi connectivity index (χ3v) is 4.16. The van der Waals surface area contributed by atoms with Crippen molar-refractivity contribution in [2.24, 2.45) is 0 Å².